The minimum absolute atomic E-state index is 0.0326. The van der Waals surface area contributed by atoms with Crippen LogP contribution in [0.1, 0.15) is 19.3 Å². The fourth-order valence-electron chi connectivity index (χ4n) is 2.04. The summed E-state index contributed by atoms with van der Waals surface area (Å²) in [6.07, 6.45) is 3.66. The first-order valence-electron chi connectivity index (χ1n) is 5.54. The molecule has 0 aromatic heterocycles. The van der Waals surface area contributed by atoms with E-state index in [0.29, 0.717) is 18.5 Å². The molecular formula is C10H18N2O2S. The van der Waals surface area contributed by atoms with Gasteiger partial charge in [0.2, 0.25) is 5.91 Å². The fraction of sp³-hybridized carbons (Fsp3) is 0.900. The second kappa shape index (κ2) is 5.18. The van der Waals surface area contributed by atoms with Crippen LogP contribution in [0.4, 0.5) is 0 Å². The highest BCUT2D eigenvalue weighted by molar-refractivity contribution is 7.99. The van der Waals surface area contributed by atoms with Gasteiger partial charge in [0.05, 0.1) is 11.5 Å². The molecule has 2 atom stereocenters. The van der Waals surface area contributed by atoms with Crippen LogP contribution in [0.15, 0.2) is 0 Å². The smallest absolute Gasteiger partial charge is 0.249 e. The first-order chi connectivity index (χ1) is 7.31. The van der Waals surface area contributed by atoms with E-state index in [9.17, 15) is 4.79 Å². The molecule has 86 valence electrons. The normalized spacial score (nSPS) is 33.1. The minimum Gasteiger partial charge on any atom is -0.365 e. The summed E-state index contributed by atoms with van der Waals surface area (Å²) in [5.74, 6) is 1.29. The predicted molar refractivity (Wildman–Crippen MR) is 60.6 cm³/mol. The molecule has 2 fully saturated rings. The van der Waals surface area contributed by atoms with Crippen LogP contribution in [0.5, 0.6) is 0 Å². The number of nitrogens with two attached hydrogens (primary N) is 1. The second-order valence-electron chi connectivity index (χ2n) is 4.04. The summed E-state index contributed by atoms with van der Waals surface area (Å²) in [4.78, 5) is 13.7. The van der Waals surface area contributed by atoms with Gasteiger partial charge in [-0.15, -0.1) is 11.8 Å². The molecule has 1 amide bonds. The molecule has 2 aliphatic rings. The van der Waals surface area contributed by atoms with Crippen molar-refractivity contribution < 1.29 is 9.53 Å². The van der Waals surface area contributed by atoms with E-state index in [1.54, 1.807) is 0 Å². The number of amides is 1. The number of hydrogen-bond acceptors (Lipinski definition) is 4. The van der Waals surface area contributed by atoms with Gasteiger partial charge in [-0.2, -0.15) is 0 Å². The van der Waals surface area contributed by atoms with Gasteiger partial charge in [-0.3, -0.25) is 4.79 Å². The molecule has 4 nitrogen and oxygen atoms in total. The predicted octanol–water partition coefficient (Wildman–Crippen LogP) is 0.416. The third kappa shape index (κ3) is 2.65. The summed E-state index contributed by atoms with van der Waals surface area (Å²) >= 11 is 1.89. The summed E-state index contributed by atoms with van der Waals surface area (Å²) in [5, 5.41) is 0.365. The maximum absolute atomic E-state index is 11.7. The van der Waals surface area contributed by atoms with Gasteiger partial charge in [0.15, 0.2) is 0 Å². The molecule has 0 spiro atoms. The number of morpholine rings is 1. The quantitative estimate of drug-likeness (QED) is 0.747. The molecule has 5 heteroatoms. The highest BCUT2D eigenvalue weighted by Gasteiger charge is 2.31. The molecule has 0 aliphatic carbocycles. The number of thioether (sulfide) groups is 1. The Labute approximate surface area is 94.5 Å². The maximum atomic E-state index is 11.7. The minimum atomic E-state index is 0.0326. The third-order valence-corrected chi connectivity index (χ3v) is 4.33. The highest BCUT2D eigenvalue weighted by atomic mass is 32.2. The Kier molecular flexibility index (Phi) is 3.88. The first kappa shape index (κ1) is 11.2. The molecule has 2 unspecified atom stereocenters. The van der Waals surface area contributed by atoms with Gasteiger partial charge in [0, 0.05) is 13.1 Å². The highest BCUT2D eigenvalue weighted by Crippen LogP contribution is 2.29. The Morgan fingerprint density at radius 3 is 3.07 bits per heavy atom. The fourth-order valence-corrected chi connectivity index (χ4v) is 3.40. The van der Waals surface area contributed by atoms with Crippen molar-refractivity contribution in [2.24, 2.45) is 5.73 Å². The van der Waals surface area contributed by atoms with Crippen LogP contribution in [0, 0.1) is 0 Å². The van der Waals surface area contributed by atoms with Crippen LogP contribution in [-0.2, 0) is 9.53 Å². The molecule has 15 heavy (non-hydrogen) atoms. The average molecular weight is 230 g/mol. The Morgan fingerprint density at radius 1 is 1.53 bits per heavy atom. The van der Waals surface area contributed by atoms with Gasteiger partial charge in [0.1, 0.15) is 6.61 Å². The lowest BCUT2D eigenvalue weighted by molar-refractivity contribution is -0.149. The zero-order chi connectivity index (χ0) is 10.7. The molecule has 0 aromatic rings. The summed E-state index contributed by atoms with van der Waals surface area (Å²) < 4.78 is 5.33. The Morgan fingerprint density at radius 2 is 2.40 bits per heavy atom. The average Bonchev–Trinajstić information content (AvgIpc) is 2.31. The van der Waals surface area contributed by atoms with E-state index in [0.717, 1.165) is 6.42 Å². The SMILES string of the molecule is NCC1CN(C2CCCCS2)C(=O)CO1. The van der Waals surface area contributed by atoms with Crippen molar-refractivity contribution >= 4 is 17.7 Å². The van der Waals surface area contributed by atoms with E-state index in [1.165, 1.54) is 18.6 Å². The van der Waals surface area contributed by atoms with Gasteiger partial charge < -0.3 is 15.4 Å². The number of nitrogens with zero attached hydrogens (tertiary/aromatic N) is 1. The van der Waals surface area contributed by atoms with Crippen LogP contribution in [0.25, 0.3) is 0 Å². The molecular weight excluding hydrogens is 212 g/mol. The van der Waals surface area contributed by atoms with Crippen LogP contribution >= 0.6 is 11.8 Å². The zero-order valence-corrected chi connectivity index (χ0v) is 9.67. The van der Waals surface area contributed by atoms with Gasteiger partial charge >= 0.3 is 0 Å². The van der Waals surface area contributed by atoms with E-state index in [1.807, 2.05) is 16.7 Å². The summed E-state index contributed by atoms with van der Waals surface area (Å²) in [6, 6.07) is 0. The van der Waals surface area contributed by atoms with Crippen LogP contribution in [0.3, 0.4) is 0 Å². The lowest BCUT2D eigenvalue weighted by atomic mass is 10.2. The van der Waals surface area contributed by atoms with Crippen molar-refractivity contribution in [3.05, 3.63) is 0 Å². The number of rotatable bonds is 2. The summed E-state index contributed by atoms with van der Waals surface area (Å²) in [7, 11) is 0. The maximum Gasteiger partial charge on any atom is 0.249 e. The molecule has 0 bridgehead atoms. The summed E-state index contributed by atoms with van der Waals surface area (Å²) in [5.41, 5.74) is 5.57. The number of carbonyl (C=O) groups is 1. The number of carbonyl (C=O) groups excluding carboxylic acids is 1. The van der Waals surface area contributed by atoms with Crippen molar-refractivity contribution in [2.75, 3.05) is 25.4 Å². The molecule has 2 aliphatic heterocycles. The number of hydrogen-bond donors (Lipinski definition) is 1. The molecule has 2 rings (SSSR count). The number of ether oxygens (including phenoxy) is 1. The molecule has 0 saturated carbocycles. The van der Waals surface area contributed by atoms with Crippen molar-refractivity contribution in [1.29, 1.82) is 0 Å². The van der Waals surface area contributed by atoms with Crippen LogP contribution in [-0.4, -0.2) is 47.7 Å². The van der Waals surface area contributed by atoms with E-state index < -0.39 is 0 Å². The van der Waals surface area contributed by atoms with Crippen molar-refractivity contribution in [2.45, 2.75) is 30.7 Å². The lowest BCUT2D eigenvalue weighted by Crippen LogP contribution is -2.52. The van der Waals surface area contributed by atoms with Crippen LogP contribution in [0.2, 0.25) is 0 Å². The Bertz CT molecular complexity index is 231. The van der Waals surface area contributed by atoms with Crippen LogP contribution < -0.4 is 5.73 Å². The largest absolute Gasteiger partial charge is 0.365 e. The van der Waals surface area contributed by atoms with E-state index in [2.05, 4.69) is 0 Å². The molecule has 2 heterocycles. The zero-order valence-electron chi connectivity index (χ0n) is 8.85. The Hall–Kier alpha value is -0.260. The lowest BCUT2D eigenvalue weighted by Gasteiger charge is -2.39. The molecule has 0 radical (unpaired) electrons. The van der Waals surface area contributed by atoms with Crippen molar-refractivity contribution in [3.8, 4) is 0 Å². The molecule has 2 saturated heterocycles. The van der Waals surface area contributed by atoms with Gasteiger partial charge in [-0.1, -0.05) is 0 Å². The van der Waals surface area contributed by atoms with Gasteiger partial charge in [0.25, 0.3) is 0 Å². The topological polar surface area (TPSA) is 55.6 Å². The standard InChI is InChI=1S/C10H18N2O2S/c11-5-8-6-12(9(13)7-14-8)10-3-1-2-4-15-10/h8,10H,1-7,11H2. The van der Waals surface area contributed by atoms with E-state index in [4.69, 9.17) is 10.5 Å². The van der Waals surface area contributed by atoms with Crippen molar-refractivity contribution in [3.63, 3.8) is 0 Å². The third-order valence-electron chi connectivity index (χ3n) is 2.93. The van der Waals surface area contributed by atoms with Gasteiger partial charge in [-0.05, 0) is 25.0 Å². The van der Waals surface area contributed by atoms with Gasteiger partial charge in [-0.25, -0.2) is 0 Å². The second-order valence-corrected chi connectivity index (χ2v) is 5.32. The molecule has 0 aromatic carbocycles. The summed E-state index contributed by atoms with van der Waals surface area (Å²) in [6.45, 7) is 1.38. The molecule has 2 N–H and O–H groups in total. The first-order valence-corrected chi connectivity index (χ1v) is 6.59. The van der Waals surface area contributed by atoms with E-state index in [-0.39, 0.29) is 18.6 Å². The van der Waals surface area contributed by atoms with Crippen molar-refractivity contribution in [1.82, 2.24) is 4.90 Å². The Balaban J connectivity index is 1.95. The van der Waals surface area contributed by atoms with E-state index >= 15 is 0 Å². The monoisotopic (exact) mass is 230 g/mol.